The van der Waals surface area contributed by atoms with Crippen LogP contribution in [0.25, 0.3) is 6.08 Å². The van der Waals surface area contributed by atoms with Crippen LogP contribution >= 0.6 is 11.6 Å². The highest BCUT2D eigenvalue weighted by Crippen LogP contribution is 2.16. The molecule has 0 aliphatic rings. The Kier molecular flexibility index (Phi) is 6.53. The predicted molar refractivity (Wildman–Crippen MR) is 74.4 cm³/mol. The lowest BCUT2D eigenvalue weighted by atomic mass is 10.2. The minimum Gasteiger partial charge on any atom is -0.393 e. The van der Waals surface area contributed by atoms with Crippen molar-refractivity contribution in [3.05, 3.63) is 40.7 Å². The SMILES string of the molecule is CCC(O)CCNC(=O)/C=C/c1ccc(F)c(Cl)c1. The monoisotopic (exact) mass is 285 g/mol. The molecule has 1 aromatic rings. The van der Waals surface area contributed by atoms with E-state index in [-0.39, 0.29) is 17.0 Å². The Labute approximate surface area is 117 Å². The number of nitrogens with one attached hydrogen (secondary N) is 1. The van der Waals surface area contributed by atoms with E-state index in [2.05, 4.69) is 5.32 Å². The number of carbonyl (C=O) groups is 1. The number of halogens is 2. The van der Waals surface area contributed by atoms with Crippen LogP contribution in [0.4, 0.5) is 4.39 Å². The highest BCUT2D eigenvalue weighted by atomic mass is 35.5. The molecule has 1 atom stereocenters. The lowest BCUT2D eigenvalue weighted by Crippen LogP contribution is -2.25. The molecule has 3 nitrogen and oxygen atoms in total. The summed E-state index contributed by atoms with van der Waals surface area (Å²) in [6, 6.07) is 4.23. The first-order valence-corrected chi connectivity index (χ1v) is 6.49. The van der Waals surface area contributed by atoms with Crippen molar-refractivity contribution in [2.24, 2.45) is 0 Å². The lowest BCUT2D eigenvalue weighted by molar-refractivity contribution is -0.116. The minimum atomic E-state index is -0.489. The first-order valence-electron chi connectivity index (χ1n) is 6.12. The number of amides is 1. The van der Waals surface area contributed by atoms with Crippen LogP contribution in [0.2, 0.25) is 5.02 Å². The second-order valence-electron chi connectivity index (χ2n) is 4.15. The number of benzene rings is 1. The molecule has 1 amide bonds. The Morgan fingerprint density at radius 3 is 2.95 bits per heavy atom. The van der Waals surface area contributed by atoms with Crippen LogP contribution in [0.1, 0.15) is 25.3 Å². The molecule has 0 aliphatic heterocycles. The maximum atomic E-state index is 12.9. The second-order valence-corrected chi connectivity index (χ2v) is 4.56. The number of rotatable bonds is 6. The van der Waals surface area contributed by atoms with E-state index < -0.39 is 5.82 Å². The largest absolute Gasteiger partial charge is 0.393 e. The van der Waals surface area contributed by atoms with Crippen LogP contribution < -0.4 is 5.32 Å². The second kappa shape index (κ2) is 7.92. The van der Waals surface area contributed by atoms with E-state index in [1.165, 1.54) is 24.3 Å². The molecular formula is C14H17ClFNO2. The maximum absolute atomic E-state index is 12.9. The van der Waals surface area contributed by atoms with E-state index in [0.717, 1.165) is 0 Å². The van der Waals surface area contributed by atoms with Gasteiger partial charge in [0.25, 0.3) is 0 Å². The summed E-state index contributed by atoms with van der Waals surface area (Å²) in [5.41, 5.74) is 0.648. The average Bonchev–Trinajstić information content (AvgIpc) is 2.40. The molecule has 0 spiro atoms. The molecule has 0 radical (unpaired) electrons. The summed E-state index contributed by atoms with van der Waals surface area (Å²) in [7, 11) is 0. The molecule has 5 heteroatoms. The molecule has 0 aromatic heterocycles. The van der Waals surface area contributed by atoms with Gasteiger partial charge < -0.3 is 10.4 Å². The van der Waals surface area contributed by atoms with Gasteiger partial charge in [0.2, 0.25) is 5.91 Å². The van der Waals surface area contributed by atoms with E-state index in [1.54, 1.807) is 6.08 Å². The van der Waals surface area contributed by atoms with Gasteiger partial charge in [-0.2, -0.15) is 0 Å². The Morgan fingerprint density at radius 2 is 2.32 bits per heavy atom. The van der Waals surface area contributed by atoms with E-state index in [4.69, 9.17) is 11.6 Å². The zero-order valence-corrected chi connectivity index (χ0v) is 11.5. The van der Waals surface area contributed by atoms with Gasteiger partial charge in [-0.05, 0) is 36.6 Å². The summed E-state index contributed by atoms with van der Waals surface area (Å²) >= 11 is 5.63. The van der Waals surface area contributed by atoms with E-state index in [0.29, 0.717) is 24.9 Å². The number of carbonyl (C=O) groups excluding carboxylic acids is 1. The molecule has 1 aromatic carbocycles. The quantitative estimate of drug-likeness (QED) is 0.790. The molecule has 0 fully saturated rings. The van der Waals surface area contributed by atoms with Crippen molar-refractivity contribution in [3.63, 3.8) is 0 Å². The van der Waals surface area contributed by atoms with Gasteiger partial charge >= 0.3 is 0 Å². The highest BCUT2D eigenvalue weighted by Gasteiger charge is 2.02. The number of hydrogen-bond acceptors (Lipinski definition) is 2. The molecule has 0 saturated carbocycles. The fraction of sp³-hybridized carbons (Fsp3) is 0.357. The van der Waals surface area contributed by atoms with Crippen LogP contribution in [0.5, 0.6) is 0 Å². The predicted octanol–water partition coefficient (Wildman–Crippen LogP) is 2.77. The van der Waals surface area contributed by atoms with E-state index in [9.17, 15) is 14.3 Å². The molecule has 1 unspecified atom stereocenters. The van der Waals surface area contributed by atoms with Gasteiger partial charge in [-0.1, -0.05) is 24.6 Å². The van der Waals surface area contributed by atoms with Gasteiger partial charge in [0.1, 0.15) is 5.82 Å². The number of aliphatic hydroxyl groups is 1. The van der Waals surface area contributed by atoms with Gasteiger partial charge in [0.05, 0.1) is 11.1 Å². The zero-order chi connectivity index (χ0) is 14.3. The van der Waals surface area contributed by atoms with Crippen molar-refractivity contribution >= 4 is 23.6 Å². The number of hydrogen-bond donors (Lipinski definition) is 2. The third kappa shape index (κ3) is 5.85. The molecule has 0 bridgehead atoms. The summed E-state index contributed by atoms with van der Waals surface area (Å²) in [6.07, 6.45) is 3.71. The van der Waals surface area contributed by atoms with Gasteiger partial charge in [0.15, 0.2) is 0 Å². The molecule has 104 valence electrons. The average molecular weight is 286 g/mol. The van der Waals surface area contributed by atoms with Crippen molar-refractivity contribution in [2.75, 3.05) is 6.54 Å². The fourth-order valence-electron chi connectivity index (χ4n) is 1.41. The fourth-order valence-corrected chi connectivity index (χ4v) is 1.60. The summed E-state index contributed by atoms with van der Waals surface area (Å²) in [5, 5.41) is 12.0. The molecule has 19 heavy (non-hydrogen) atoms. The van der Waals surface area contributed by atoms with E-state index >= 15 is 0 Å². The standard InChI is InChI=1S/C14H17ClFNO2/c1-2-11(18)7-8-17-14(19)6-4-10-3-5-13(16)12(15)9-10/h3-6,9,11,18H,2,7-8H2,1H3,(H,17,19)/b6-4+. The lowest BCUT2D eigenvalue weighted by Gasteiger charge is -2.07. The first kappa shape index (κ1) is 15.7. The Morgan fingerprint density at radius 1 is 1.58 bits per heavy atom. The topological polar surface area (TPSA) is 49.3 Å². The van der Waals surface area contributed by atoms with Crippen molar-refractivity contribution in [1.82, 2.24) is 5.32 Å². The van der Waals surface area contributed by atoms with Gasteiger partial charge in [-0.15, -0.1) is 0 Å². The molecule has 0 saturated heterocycles. The summed E-state index contributed by atoms with van der Waals surface area (Å²) < 4.78 is 12.9. The minimum absolute atomic E-state index is 0.0219. The zero-order valence-electron chi connectivity index (χ0n) is 10.7. The smallest absolute Gasteiger partial charge is 0.244 e. The number of aliphatic hydroxyl groups excluding tert-OH is 1. The summed E-state index contributed by atoms with van der Waals surface area (Å²) in [6.45, 7) is 2.30. The molecule has 0 heterocycles. The van der Waals surface area contributed by atoms with Crippen LogP contribution in [-0.2, 0) is 4.79 Å². The third-order valence-corrected chi connectivity index (χ3v) is 2.91. The Hall–Kier alpha value is -1.39. The molecular weight excluding hydrogens is 269 g/mol. The van der Waals surface area contributed by atoms with Crippen molar-refractivity contribution < 1.29 is 14.3 Å². The Bertz CT molecular complexity index is 463. The summed E-state index contributed by atoms with van der Waals surface area (Å²) in [4.78, 5) is 11.5. The summed E-state index contributed by atoms with van der Waals surface area (Å²) in [5.74, 6) is -0.749. The van der Waals surface area contributed by atoms with Gasteiger partial charge in [-0.3, -0.25) is 4.79 Å². The van der Waals surface area contributed by atoms with Gasteiger partial charge in [-0.25, -0.2) is 4.39 Å². The van der Waals surface area contributed by atoms with Crippen molar-refractivity contribution in [1.29, 1.82) is 0 Å². The van der Waals surface area contributed by atoms with Crippen LogP contribution in [0.15, 0.2) is 24.3 Å². The highest BCUT2D eigenvalue weighted by molar-refractivity contribution is 6.30. The first-order chi connectivity index (χ1) is 9.02. The van der Waals surface area contributed by atoms with Crippen LogP contribution in [0.3, 0.4) is 0 Å². The third-order valence-electron chi connectivity index (χ3n) is 2.62. The van der Waals surface area contributed by atoms with E-state index in [1.807, 2.05) is 6.92 Å². The van der Waals surface area contributed by atoms with Crippen LogP contribution in [-0.4, -0.2) is 23.7 Å². The van der Waals surface area contributed by atoms with Crippen molar-refractivity contribution in [2.45, 2.75) is 25.9 Å². The van der Waals surface area contributed by atoms with Crippen molar-refractivity contribution in [3.8, 4) is 0 Å². The van der Waals surface area contributed by atoms with Gasteiger partial charge in [0, 0.05) is 12.6 Å². The molecule has 2 N–H and O–H groups in total. The molecule has 0 aliphatic carbocycles. The normalized spacial score (nSPS) is 12.6. The maximum Gasteiger partial charge on any atom is 0.244 e. The Balaban J connectivity index is 2.43. The molecule has 1 rings (SSSR count). The van der Waals surface area contributed by atoms with Crippen LogP contribution in [0, 0.1) is 5.82 Å².